The third kappa shape index (κ3) is 49.8. The summed E-state index contributed by atoms with van der Waals surface area (Å²) in [6, 6.07) is 0. The van der Waals surface area contributed by atoms with E-state index in [1.165, 1.54) is 141 Å². The normalized spacial score (nSPS) is 10.9. The molecular weight excluding hydrogens is 704 g/mol. The van der Waals surface area contributed by atoms with Gasteiger partial charge in [-0.15, -0.1) is 0 Å². The van der Waals surface area contributed by atoms with Crippen LogP contribution < -0.4 is 10.2 Å². The molecule has 0 unspecified atom stereocenters. The van der Waals surface area contributed by atoms with Crippen LogP contribution in [0.25, 0.3) is 0 Å². The van der Waals surface area contributed by atoms with E-state index in [-0.39, 0.29) is 40.1 Å². The molecule has 0 spiro atoms. The smallest absolute Gasteiger partial charge is 0.550 e. The Kier molecular flexibility index (Phi) is 41.9. The van der Waals surface area contributed by atoms with Crippen molar-refractivity contribution in [3.63, 3.8) is 0 Å². The summed E-state index contributed by atoms with van der Waals surface area (Å²) in [7, 11) is 0. The summed E-state index contributed by atoms with van der Waals surface area (Å²) in [5, 5.41) is 20.4. The summed E-state index contributed by atoms with van der Waals surface area (Å²) in [4.78, 5) is 20.4. The van der Waals surface area contributed by atoms with Gasteiger partial charge in [-0.2, -0.15) is 0 Å². The summed E-state index contributed by atoms with van der Waals surface area (Å²) in [5.74, 6) is -0.0830. The largest absolute Gasteiger partial charge is 2.00 e. The maximum atomic E-state index is 10.2. The first-order chi connectivity index (χ1) is 19.3. The van der Waals surface area contributed by atoms with Gasteiger partial charge in [-0.1, -0.05) is 182 Å². The van der Waals surface area contributed by atoms with E-state index in [0.717, 1.165) is 37.5 Å². The van der Waals surface area contributed by atoms with Gasteiger partial charge >= 0.3 is 27.3 Å². The number of carbonyl (C=O) groups excluding carboxylic acids is 2. The second-order valence-electron chi connectivity index (χ2n) is 13.1. The zero-order valence-electron chi connectivity index (χ0n) is 28.1. The Morgan fingerprint density at radius 2 is 0.537 bits per heavy atom. The number of carboxylic acids is 2. The van der Waals surface area contributed by atoms with E-state index >= 15 is 0 Å². The maximum Gasteiger partial charge on any atom is 2.00 e. The van der Waals surface area contributed by atoms with Crippen LogP contribution in [-0.2, 0) is 9.59 Å². The molecule has 0 aromatic rings. The van der Waals surface area contributed by atoms with Crippen molar-refractivity contribution < 1.29 is 19.8 Å². The van der Waals surface area contributed by atoms with Crippen LogP contribution in [0.15, 0.2) is 0 Å². The molecule has 0 amide bonds. The number of unbranched alkanes of at least 4 members (excludes halogenated alkanes) is 22. The summed E-state index contributed by atoms with van der Waals surface area (Å²) in [6.45, 7) is 9.22. The van der Waals surface area contributed by atoms with Gasteiger partial charge in [-0.25, -0.2) is 0 Å². The van der Waals surface area contributed by atoms with Crippen molar-refractivity contribution >= 4 is 39.2 Å². The molecule has 242 valence electrons. The van der Waals surface area contributed by atoms with E-state index in [4.69, 9.17) is 0 Å². The average molecular weight is 774 g/mol. The monoisotopic (exact) mass is 775 g/mol. The number of carboxylic acid groups (broad SMARTS) is 2. The van der Waals surface area contributed by atoms with Gasteiger partial charge < -0.3 is 19.8 Å². The Hall–Kier alpha value is -0.138. The summed E-state index contributed by atoms with van der Waals surface area (Å²) in [5.41, 5.74) is 0. The van der Waals surface area contributed by atoms with Gasteiger partial charge in [0.05, 0.1) is 0 Å². The number of rotatable bonds is 30. The number of carbonyl (C=O) groups is 2. The fourth-order valence-electron chi connectivity index (χ4n) is 5.18. The molecule has 4 nitrogen and oxygen atoms in total. The Morgan fingerprint density at radius 1 is 0.366 bits per heavy atom. The van der Waals surface area contributed by atoms with Crippen molar-refractivity contribution in [2.75, 3.05) is 0 Å². The number of aliphatic carboxylic acids is 2. The third-order valence-electron chi connectivity index (χ3n) is 7.82. The molecule has 0 fully saturated rings. The molecule has 0 aromatic heterocycles. The molecule has 2 radical (unpaired) electrons. The van der Waals surface area contributed by atoms with E-state index in [9.17, 15) is 19.8 Å². The predicted octanol–water partition coefficient (Wildman–Crippen LogP) is 9.33. The zero-order valence-corrected chi connectivity index (χ0v) is 32.0. The fourth-order valence-corrected chi connectivity index (χ4v) is 5.18. The molecule has 0 aromatic carbocycles. The van der Waals surface area contributed by atoms with E-state index in [0.29, 0.717) is 0 Å². The molecular formula is C36H70O4Pb. The number of hydrogen-bond acceptors (Lipinski definition) is 4. The molecule has 0 bridgehead atoms. The Morgan fingerprint density at radius 3 is 0.707 bits per heavy atom. The Bertz CT molecular complexity index is 476. The van der Waals surface area contributed by atoms with Crippen LogP contribution in [0.5, 0.6) is 0 Å². The minimum atomic E-state index is -0.904. The van der Waals surface area contributed by atoms with Gasteiger partial charge in [0.25, 0.3) is 0 Å². The molecule has 41 heavy (non-hydrogen) atoms. The van der Waals surface area contributed by atoms with Gasteiger partial charge in [0.1, 0.15) is 0 Å². The van der Waals surface area contributed by atoms with E-state index < -0.39 is 11.9 Å². The quantitative estimate of drug-likeness (QED) is 0.0539. The van der Waals surface area contributed by atoms with Crippen molar-refractivity contribution in [3.8, 4) is 0 Å². The molecule has 0 aliphatic rings. The van der Waals surface area contributed by atoms with Crippen LogP contribution in [-0.4, -0.2) is 39.2 Å². The zero-order chi connectivity index (χ0) is 30.1. The molecule has 0 rings (SSSR count). The van der Waals surface area contributed by atoms with Gasteiger partial charge in [0, 0.05) is 11.9 Å². The van der Waals surface area contributed by atoms with Crippen molar-refractivity contribution in [1.82, 2.24) is 0 Å². The summed E-state index contributed by atoms with van der Waals surface area (Å²) in [6.07, 6.45) is 34.0. The Labute approximate surface area is 277 Å². The van der Waals surface area contributed by atoms with Gasteiger partial charge in [0.2, 0.25) is 0 Å². The van der Waals surface area contributed by atoms with Crippen molar-refractivity contribution in [2.24, 2.45) is 11.8 Å². The van der Waals surface area contributed by atoms with E-state index in [1.54, 1.807) is 0 Å². The molecule has 0 heterocycles. The molecule has 5 heteroatoms. The molecule has 0 aliphatic heterocycles. The first-order valence-corrected chi connectivity index (χ1v) is 17.6. The Balaban J connectivity index is -0.000000688. The van der Waals surface area contributed by atoms with Gasteiger partial charge in [-0.3, -0.25) is 0 Å². The number of hydrogen-bond donors (Lipinski definition) is 0. The minimum Gasteiger partial charge on any atom is -0.550 e. The van der Waals surface area contributed by atoms with Crippen LogP contribution >= 0.6 is 0 Å². The van der Waals surface area contributed by atoms with Crippen LogP contribution in [0.4, 0.5) is 0 Å². The van der Waals surface area contributed by atoms with Crippen LogP contribution in [0.2, 0.25) is 0 Å². The van der Waals surface area contributed by atoms with Crippen LogP contribution in [0.3, 0.4) is 0 Å². The maximum absolute atomic E-state index is 10.2. The van der Waals surface area contributed by atoms with Crippen molar-refractivity contribution in [3.05, 3.63) is 0 Å². The van der Waals surface area contributed by atoms with Crippen molar-refractivity contribution in [2.45, 2.75) is 207 Å². The van der Waals surface area contributed by atoms with Crippen LogP contribution in [0, 0.1) is 11.8 Å². The third-order valence-corrected chi connectivity index (χ3v) is 7.82. The predicted molar refractivity (Wildman–Crippen MR) is 175 cm³/mol. The molecule has 0 N–H and O–H groups in total. The first kappa shape index (κ1) is 45.3. The summed E-state index contributed by atoms with van der Waals surface area (Å²) >= 11 is 0. The van der Waals surface area contributed by atoms with Gasteiger partial charge in [-0.05, 0) is 37.5 Å². The SMILES string of the molecule is CC(C)CCCCCCCCCCCCCCC(=O)[O-].CC(C)CCCCCCCCCCCCCCC(=O)[O-].[Pb+2]. The van der Waals surface area contributed by atoms with Gasteiger partial charge in [0.15, 0.2) is 0 Å². The first-order valence-electron chi connectivity index (χ1n) is 17.6. The van der Waals surface area contributed by atoms with Crippen LogP contribution in [0.1, 0.15) is 207 Å². The second kappa shape index (κ2) is 37.9. The average Bonchev–Trinajstić information content (AvgIpc) is 2.88. The molecule has 0 aliphatic carbocycles. The summed E-state index contributed by atoms with van der Waals surface area (Å²) < 4.78 is 0. The second-order valence-corrected chi connectivity index (χ2v) is 13.1. The van der Waals surface area contributed by atoms with Crippen molar-refractivity contribution in [1.29, 1.82) is 0 Å². The molecule has 0 saturated carbocycles. The molecule has 0 saturated heterocycles. The molecule has 0 atom stereocenters. The van der Waals surface area contributed by atoms with E-state index in [2.05, 4.69) is 27.7 Å². The van der Waals surface area contributed by atoms with E-state index in [1.807, 2.05) is 0 Å². The fraction of sp³-hybridized carbons (Fsp3) is 0.944. The standard InChI is InChI=1S/2C18H36O2.Pb/c2*1-17(2)15-13-11-9-7-5-3-4-6-8-10-12-14-16-18(19)20;/h2*17H,3-16H2,1-2H3,(H,19,20);/q;;+2/p-2. The topological polar surface area (TPSA) is 80.3 Å². The minimum absolute atomic E-state index is 0.